The van der Waals surface area contributed by atoms with Gasteiger partial charge in [-0.2, -0.15) is 0 Å². The number of carbonyl (C=O) groups excluding carboxylic acids is 1. The zero-order valence-electron chi connectivity index (χ0n) is 9.89. The van der Waals surface area contributed by atoms with Gasteiger partial charge in [0.2, 0.25) is 0 Å². The Morgan fingerprint density at radius 1 is 1.28 bits per heavy atom. The monoisotopic (exact) mass is 305 g/mol. The van der Waals surface area contributed by atoms with Crippen LogP contribution in [0.1, 0.15) is 16.1 Å². The summed E-state index contributed by atoms with van der Waals surface area (Å²) in [6, 6.07) is 11.1. The average molecular weight is 306 g/mol. The molecule has 0 atom stereocenters. The molecule has 2 aromatic rings. The van der Waals surface area contributed by atoms with Crippen LogP contribution in [0.3, 0.4) is 0 Å². The molecule has 2 rings (SSSR count). The molecule has 4 heteroatoms. The second-order valence-electron chi connectivity index (χ2n) is 3.75. The van der Waals surface area contributed by atoms with Crippen LogP contribution in [0, 0.1) is 0 Å². The van der Waals surface area contributed by atoms with Crippen molar-refractivity contribution in [3.8, 4) is 5.75 Å². The Kier molecular flexibility index (Phi) is 4.10. The number of aromatic nitrogens is 1. The maximum Gasteiger partial charge on any atom is 0.189 e. The van der Waals surface area contributed by atoms with E-state index in [1.54, 1.807) is 18.3 Å². The van der Waals surface area contributed by atoms with Crippen molar-refractivity contribution in [2.75, 3.05) is 7.11 Å². The predicted octanol–water partition coefficient (Wildman–Crippen LogP) is 3.28. The van der Waals surface area contributed by atoms with Gasteiger partial charge in [0, 0.05) is 17.1 Å². The van der Waals surface area contributed by atoms with Crippen LogP contribution in [0.2, 0.25) is 0 Å². The summed E-state index contributed by atoms with van der Waals surface area (Å²) in [6.07, 6.45) is 1.89. The molecule has 1 aromatic heterocycles. The Morgan fingerprint density at radius 3 is 2.78 bits per heavy atom. The highest BCUT2D eigenvalue weighted by Crippen LogP contribution is 2.21. The van der Waals surface area contributed by atoms with E-state index in [1.165, 1.54) is 7.11 Å². The van der Waals surface area contributed by atoms with Crippen molar-refractivity contribution in [2.24, 2.45) is 0 Å². The molecule has 0 radical (unpaired) electrons. The number of Topliss-reactive ketones (excluding diaryl/α,β-unsaturated/α-hetero) is 1. The summed E-state index contributed by atoms with van der Waals surface area (Å²) < 4.78 is 6.06. The minimum Gasteiger partial charge on any atom is -0.494 e. The van der Waals surface area contributed by atoms with Gasteiger partial charge in [-0.15, -0.1) is 0 Å². The topological polar surface area (TPSA) is 39.2 Å². The number of benzene rings is 1. The third-order valence-electron chi connectivity index (χ3n) is 2.56. The molecule has 0 aliphatic rings. The van der Waals surface area contributed by atoms with Crippen LogP contribution >= 0.6 is 15.9 Å². The second-order valence-corrected chi connectivity index (χ2v) is 4.60. The van der Waals surface area contributed by atoms with Gasteiger partial charge < -0.3 is 4.74 Å². The van der Waals surface area contributed by atoms with Gasteiger partial charge in [-0.25, -0.2) is 4.98 Å². The number of carbonyl (C=O) groups is 1. The van der Waals surface area contributed by atoms with Crippen LogP contribution in [0.5, 0.6) is 5.75 Å². The SMILES string of the molecule is COc1cccnc1C(=O)Cc1ccccc1Br. The number of methoxy groups -OCH3 is 1. The molecular formula is C14H12BrNO2. The Morgan fingerprint density at radius 2 is 2.06 bits per heavy atom. The molecule has 0 aliphatic heterocycles. The highest BCUT2D eigenvalue weighted by Gasteiger charge is 2.14. The Labute approximate surface area is 114 Å². The van der Waals surface area contributed by atoms with E-state index in [9.17, 15) is 4.79 Å². The van der Waals surface area contributed by atoms with Crippen LogP contribution in [0.15, 0.2) is 47.1 Å². The Balaban J connectivity index is 2.25. The molecule has 0 fully saturated rings. The molecule has 0 amide bonds. The normalized spacial score (nSPS) is 10.1. The van der Waals surface area contributed by atoms with Gasteiger partial charge in [-0.1, -0.05) is 34.1 Å². The first-order valence-electron chi connectivity index (χ1n) is 5.48. The van der Waals surface area contributed by atoms with Crippen LogP contribution in [-0.4, -0.2) is 17.9 Å². The zero-order valence-corrected chi connectivity index (χ0v) is 11.5. The van der Waals surface area contributed by atoms with E-state index in [1.807, 2.05) is 24.3 Å². The van der Waals surface area contributed by atoms with Crippen LogP contribution < -0.4 is 4.74 Å². The number of hydrogen-bond donors (Lipinski definition) is 0. The lowest BCUT2D eigenvalue weighted by Gasteiger charge is -2.07. The van der Waals surface area contributed by atoms with E-state index in [0.717, 1.165) is 10.0 Å². The highest BCUT2D eigenvalue weighted by atomic mass is 79.9. The lowest BCUT2D eigenvalue weighted by molar-refractivity contribution is 0.0985. The number of hydrogen-bond acceptors (Lipinski definition) is 3. The molecule has 0 spiro atoms. The number of ether oxygens (including phenoxy) is 1. The Bertz CT molecular complexity index is 569. The molecule has 92 valence electrons. The molecular weight excluding hydrogens is 294 g/mol. The van der Waals surface area contributed by atoms with E-state index >= 15 is 0 Å². The largest absolute Gasteiger partial charge is 0.494 e. The molecule has 0 unspecified atom stereocenters. The summed E-state index contributed by atoms with van der Waals surface area (Å²) in [5, 5.41) is 0. The van der Waals surface area contributed by atoms with Gasteiger partial charge in [0.25, 0.3) is 0 Å². The first-order valence-corrected chi connectivity index (χ1v) is 6.27. The molecule has 3 nitrogen and oxygen atoms in total. The lowest BCUT2D eigenvalue weighted by atomic mass is 10.1. The number of rotatable bonds is 4. The number of halogens is 1. The van der Waals surface area contributed by atoms with Gasteiger partial charge in [0.05, 0.1) is 7.11 Å². The molecule has 1 heterocycles. The fourth-order valence-electron chi connectivity index (χ4n) is 1.66. The van der Waals surface area contributed by atoms with Crippen molar-refractivity contribution in [2.45, 2.75) is 6.42 Å². The quantitative estimate of drug-likeness (QED) is 0.814. The smallest absolute Gasteiger partial charge is 0.189 e. The van der Waals surface area contributed by atoms with Crippen molar-refractivity contribution in [3.05, 3.63) is 58.3 Å². The van der Waals surface area contributed by atoms with Crippen LogP contribution in [-0.2, 0) is 6.42 Å². The maximum atomic E-state index is 12.2. The third-order valence-corrected chi connectivity index (χ3v) is 3.34. The fourth-order valence-corrected chi connectivity index (χ4v) is 2.09. The van der Waals surface area contributed by atoms with Crippen molar-refractivity contribution in [3.63, 3.8) is 0 Å². The molecule has 0 bridgehead atoms. The minimum atomic E-state index is -0.0562. The van der Waals surface area contributed by atoms with E-state index in [2.05, 4.69) is 20.9 Å². The number of pyridine rings is 1. The molecule has 18 heavy (non-hydrogen) atoms. The summed E-state index contributed by atoms with van der Waals surface area (Å²) in [4.78, 5) is 16.3. The van der Waals surface area contributed by atoms with Crippen LogP contribution in [0.25, 0.3) is 0 Å². The predicted molar refractivity (Wildman–Crippen MR) is 73.0 cm³/mol. The highest BCUT2D eigenvalue weighted by molar-refractivity contribution is 9.10. The van der Waals surface area contributed by atoms with Crippen molar-refractivity contribution in [1.82, 2.24) is 4.98 Å². The van der Waals surface area contributed by atoms with Gasteiger partial charge in [-0.05, 0) is 23.8 Å². The van der Waals surface area contributed by atoms with Crippen molar-refractivity contribution >= 4 is 21.7 Å². The summed E-state index contributed by atoms with van der Waals surface area (Å²) >= 11 is 3.43. The summed E-state index contributed by atoms with van der Waals surface area (Å²) in [5.74, 6) is 0.453. The number of ketones is 1. The molecule has 1 aromatic carbocycles. The van der Waals surface area contributed by atoms with Gasteiger partial charge >= 0.3 is 0 Å². The maximum absolute atomic E-state index is 12.2. The van der Waals surface area contributed by atoms with E-state index in [4.69, 9.17) is 4.74 Å². The first kappa shape index (κ1) is 12.8. The van der Waals surface area contributed by atoms with Gasteiger partial charge in [0.15, 0.2) is 5.78 Å². The average Bonchev–Trinajstić information content (AvgIpc) is 2.41. The molecule has 0 aliphatic carbocycles. The Hall–Kier alpha value is -1.68. The molecule has 0 saturated heterocycles. The summed E-state index contributed by atoms with van der Waals surface area (Å²) in [7, 11) is 1.53. The molecule has 0 saturated carbocycles. The van der Waals surface area contributed by atoms with E-state index in [0.29, 0.717) is 17.9 Å². The minimum absolute atomic E-state index is 0.0562. The lowest BCUT2D eigenvalue weighted by Crippen LogP contribution is -2.08. The van der Waals surface area contributed by atoms with Gasteiger partial charge in [-0.3, -0.25) is 4.79 Å². The standard InChI is InChI=1S/C14H12BrNO2/c1-18-13-7-4-8-16-14(13)12(17)9-10-5-2-3-6-11(10)15/h2-8H,9H2,1H3. The molecule has 0 N–H and O–H groups in total. The second kappa shape index (κ2) is 5.78. The van der Waals surface area contributed by atoms with Crippen LogP contribution in [0.4, 0.5) is 0 Å². The summed E-state index contributed by atoms with van der Waals surface area (Å²) in [5.41, 5.74) is 1.31. The third kappa shape index (κ3) is 2.76. The number of nitrogens with zero attached hydrogens (tertiary/aromatic N) is 1. The van der Waals surface area contributed by atoms with Gasteiger partial charge in [0.1, 0.15) is 11.4 Å². The fraction of sp³-hybridized carbons (Fsp3) is 0.143. The summed E-state index contributed by atoms with van der Waals surface area (Å²) in [6.45, 7) is 0. The van der Waals surface area contributed by atoms with E-state index < -0.39 is 0 Å². The van der Waals surface area contributed by atoms with E-state index in [-0.39, 0.29) is 5.78 Å². The first-order chi connectivity index (χ1) is 8.72. The zero-order chi connectivity index (χ0) is 13.0. The van der Waals surface area contributed by atoms with Crippen molar-refractivity contribution < 1.29 is 9.53 Å². The van der Waals surface area contributed by atoms with Crippen molar-refractivity contribution in [1.29, 1.82) is 0 Å².